The molecule has 0 radical (unpaired) electrons. The Hall–Kier alpha value is -2.58. The number of allylic oxidation sites excluding steroid dienone is 1. The molecule has 0 aliphatic heterocycles. The van der Waals surface area contributed by atoms with Gasteiger partial charge < -0.3 is 4.55 Å². The van der Waals surface area contributed by atoms with E-state index in [1.807, 2.05) is 43.1 Å². The minimum atomic E-state index is -4.27. The molecule has 24 heavy (non-hydrogen) atoms. The summed E-state index contributed by atoms with van der Waals surface area (Å²) in [5.41, 5.74) is 1.92. The average molecular weight is 350 g/mol. The first-order valence-electron chi connectivity index (χ1n) is 6.90. The lowest BCUT2D eigenvalue weighted by Crippen LogP contribution is -2.25. The molecule has 0 saturated heterocycles. The number of hydrogen-bond donors (Lipinski definition) is 0. The van der Waals surface area contributed by atoms with Crippen molar-refractivity contribution in [2.75, 3.05) is 0 Å². The van der Waals surface area contributed by atoms with Crippen LogP contribution in [0.1, 0.15) is 18.1 Å². The lowest BCUT2D eigenvalue weighted by molar-refractivity contribution is -0.671. The van der Waals surface area contributed by atoms with E-state index in [0.717, 1.165) is 11.1 Å². The van der Waals surface area contributed by atoms with Gasteiger partial charge >= 0.3 is 0 Å². The summed E-state index contributed by atoms with van der Waals surface area (Å²) >= 11 is 0. The summed E-state index contributed by atoms with van der Waals surface area (Å²) in [6.07, 6.45) is 5.23. The molecular weight excluding hydrogens is 332 g/mol. The number of pyridine rings is 1. The largest absolute Gasteiger partial charge is 0.744 e. The molecule has 0 spiro atoms. The fraction of sp³-hybridized carbons (Fsp3) is 0.188. The molecule has 0 aliphatic carbocycles. The second-order valence-corrected chi connectivity index (χ2v) is 6.49. The topological polar surface area (TPSA) is 104 Å². The van der Waals surface area contributed by atoms with E-state index in [-0.39, 0.29) is 10.6 Å². The molecule has 128 valence electrons. The van der Waals surface area contributed by atoms with Crippen LogP contribution in [0.4, 0.5) is 0 Å². The number of rotatable bonds is 3. The minimum absolute atomic E-state index is 0.147. The third-order valence-corrected chi connectivity index (χ3v) is 3.83. The van der Waals surface area contributed by atoms with Gasteiger partial charge in [0.15, 0.2) is 12.4 Å². The van der Waals surface area contributed by atoms with E-state index >= 15 is 0 Å². The maximum Gasteiger partial charge on any atom is 0.243 e. The van der Waals surface area contributed by atoms with Gasteiger partial charge in [-0.05, 0) is 24.6 Å². The molecule has 0 aliphatic rings. The molecule has 1 aromatic heterocycles. The Labute approximate surface area is 140 Å². The zero-order valence-corrected chi connectivity index (χ0v) is 14.4. The highest BCUT2D eigenvalue weighted by atomic mass is 32.2. The van der Waals surface area contributed by atoms with Gasteiger partial charge in [0.2, 0.25) is 5.70 Å². The van der Waals surface area contributed by atoms with E-state index in [4.69, 9.17) is 0 Å². The predicted molar refractivity (Wildman–Crippen MR) is 87.4 cm³/mol. The molecule has 0 N–H and O–H groups in total. The summed E-state index contributed by atoms with van der Waals surface area (Å²) in [5, 5.41) is 10.3. The van der Waals surface area contributed by atoms with Gasteiger partial charge in [0, 0.05) is 25.1 Å². The van der Waals surface area contributed by atoms with Crippen LogP contribution in [-0.2, 0) is 17.2 Å². The molecule has 0 amide bonds. The van der Waals surface area contributed by atoms with Crippen molar-refractivity contribution in [3.63, 3.8) is 0 Å². The normalized spacial score (nSPS) is 11.4. The van der Waals surface area contributed by atoms with Crippen LogP contribution < -0.4 is 4.57 Å². The number of nitro groups is 1. The van der Waals surface area contributed by atoms with E-state index < -0.39 is 15.0 Å². The molecule has 0 fully saturated rings. The highest BCUT2D eigenvalue weighted by molar-refractivity contribution is 7.85. The standard InChI is InChI=1S/C9H11N2O2.C7H8O3S/c1-8(11(12)13)7-9-3-5-10(2)6-4-9;1-6-2-4-7(5-3-6)11(8,9)10/h3-7H,1-2H3;2-5H,1H3,(H,8,9,10)/q+1;/p-1. The first kappa shape index (κ1) is 19.5. The minimum Gasteiger partial charge on any atom is -0.744 e. The summed E-state index contributed by atoms with van der Waals surface area (Å²) in [7, 11) is -2.37. The molecule has 0 atom stereocenters. The van der Waals surface area contributed by atoms with Crippen LogP contribution in [0, 0.1) is 17.0 Å². The maximum absolute atomic E-state index is 10.4. The highest BCUT2D eigenvalue weighted by Crippen LogP contribution is 2.08. The van der Waals surface area contributed by atoms with Gasteiger partial charge in [-0.2, -0.15) is 0 Å². The van der Waals surface area contributed by atoms with Gasteiger partial charge in [-0.25, -0.2) is 13.0 Å². The van der Waals surface area contributed by atoms with E-state index in [0.29, 0.717) is 0 Å². The third kappa shape index (κ3) is 6.67. The lowest BCUT2D eigenvalue weighted by Gasteiger charge is -2.05. The monoisotopic (exact) mass is 350 g/mol. The van der Waals surface area contributed by atoms with Crippen molar-refractivity contribution in [2.45, 2.75) is 18.7 Å². The quantitative estimate of drug-likeness (QED) is 0.365. The number of hydrogen-bond acceptors (Lipinski definition) is 5. The predicted octanol–water partition coefficient (Wildman–Crippen LogP) is 2.05. The Morgan fingerprint density at radius 2 is 1.62 bits per heavy atom. The average Bonchev–Trinajstić information content (AvgIpc) is 2.49. The van der Waals surface area contributed by atoms with Crippen LogP contribution in [0.25, 0.3) is 6.08 Å². The van der Waals surface area contributed by atoms with Crippen molar-refractivity contribution < 1.29 is 22.5 Å². The molecule has 0 bridgehead atoms. The van der Waals surface area contributed by atoms with Crippen LogP contribution in [-0.4, -0.2) is 17.9 Å². The third-order valence-electron chi connectivity index (χ3n) is 2.98. The second kappa shape index (κ2) is 8.32. The van der Waals surface area contributed by atoms with E-state index in [9.17, 15) is 23.1 Å². The highest BCUT2D eigenvalue weighted by Gasteiger charge is 2.02. The first-order valence-corrected chi connectivity index (χ1v) is 8.31. The Kier molecular flexibility index (Phi) is 6.75. The lowest BCUT2D eigenvalue weighted by atomic mass is 10.2. The second-order valence-electron chi connectivity index (χ2n) is 5.11. The first-order chi connectivity index (χ1) is 11.1. The Morgan fingerprint density at radius 1 is 1.12 bits per heavy atom. The van der Waals surface area contributed by atoms with Crippen LogP contribution >= 0.6 is 0 Å². The molecule has 7 nitrogen and oxygen atoms in total. The van der Waals surface area contributed by atoms with E-state index in [2.05, 4.69) is 0 Å². The van der Waals surface area contributed by atoms with Gasteiger partial charge in [0.25, 0.3) is 0 Å². The molecule has 2 aromatic rings. The molecule has 0 unspecified atom stereocenters. The van der Waals surface area contributed by atoms with Crippen molar-refractivity contribution >= 4 is 16.2 Å². The summed E-state index contributed by atoms with van der Waals surface area (Å²) in [6, 6.07) is 9.44. The van der Waals surface area contributed by atoms with E-state index in [1.54, 1.807) is 18.2 Å². The molecule has 2 rings (SSSR count). The summed E-state index contributed by atoms with van der Waals surface area (Å²) in [4.78, 5) is 9.73. The van der Waals surface area contributed by atoms with Gasteiger partial charge in [0.1, 0.15) is 17.2 Å². The van der Waals surface area contributed by atoms with Crippen LogP contribution in [0.15, 0.2) is 59.4 Å². The Morgan fingerprint density at radius 3 is 2.04 bits per heavy atom. The van der Waals surface area contributed by atoms with Crippen LogP contribution in [0.5, 0.6) is 0 Å². The van der Waals surface area contributed by atoms with Crippen LogP contribution in [0.2, 0.25) is 0 Å². The van der Waals surface area contributed by atoms with Gasteiger partial charge in [0.05, 0.1) is 9.82 Å². The van der Waals surface area contributed by atoms with Gasteiger partial charge in [-0.3, -0.25) is 10.1 Å². The summed E-state index contributed by atoms with van der Waals surface area (Å²) < 4.78 is 33.0. The van der Waals surface area contributed by atoms with E-state index in [1.165, 1.54) is 19.1 Å². The fourth-order valence-corrected chi connectivity index (χ4v) is 2.08. The molecule has 8 heteroatoms. The zero-order valence-electron chi connectivity index (χ0n) is 13.5. The van der Waals surface area contributed by atoms with Crippen molar-refractivity contribution in [3.05, 3.63) is 75.7 Å². The zero-order chi connectivity index (χ0) is 18.3. The van der Waals surface area contributed by atoms with Crippen LogP contribution in [0.3, 0.4) is 0 Å². The van der Waals surface area contributed by atoms with Crippen molar-refractivity contribution in [2.24, 2.45) is 7.05 Å². The Balaban J connectivity index is 0.000000243. The van der Waals surface area contributed by atoms with Crippen molar-refractivity contribution in [1.82, 2.24) is 0 Å². The number of nitrogens with zero attached hydrogens (tertiary/aromatic N) is 2. The maximum atomic E-state index is 10.4. The smallest absolute Gasteiger partial charge is 0.243 e. The van der Waals surface area contributed by atoms with Gasteiger partial charge in [-0.15, -0.1) is 0 Å². The molecule has 1 heterocycles. The fourth-order valence-electron chi connectivity index (χ4n) is 1.61. The van der Waals surface area contributed by atoms with Gasteiger partial charge in [-0.1, -0.05) is 17.7 Å². The SMILES string of the molecule is CC(=Cc1cc[n+](C)cc1)[N+](=O)[O-].Cc1ccc(S(=O)(=O)[O-])cc1. The molecular formula is C16H18N2O5S. The molecule has 1 aromatic carbocycles. The number of benzene rings is 1. The Bertz CT molecular complexity index is 826. The molecule has 0 saturated carbocycles. The summed E-state index contributed by atoms with van der Waals surface area (Å²) in [5.74, 6) is 0. The van der Waals surface area contributed by atoms with Crippen molar-refractivity contribution in [3.8, 4) is 0 Å². The number of aromatic nitrogens is 1. The summed E-state index contributed by atoms with van der Waals surface area (Å²) in [6.45, 7) is 3.30. The number of aryl methyl sites for hydroxylation is 2. The van der Waals surface area contributed by atoms with Crippen molar-refractivity contribution in [1.29, 1.82) is 0 Å².